The molecule has 110 valence electrons. The predicted molar refractivity (Wildman–Crippen MR) is 69.1 cm³/mol. The summed E-state index contributed by atoms with van der Waals surface area (Å²) in [6.07, 6.45) is 2.08. The maximum Gasteiger partial charge on any atom is 0.329 e. The van der Waals surface area contributed by atoms with Crippen molar-refractivity contribution in [2.45, 2.75) is 38.3 Å². The summed E-state index contributed by atoms with van der Waals surface area (Å²) in [7, 11) is -2.07. The topological polar surface area (TPSA) is 95.0 Å². The zero-order valence-electron chi connectivity index (χ0n) is 11.6. The third-order valence-corrected chi connectivity index (χ3v) is 4.90. The molecule has 19 heavy (non-hydrogen) atoms. The van der Waals surface area contributed by atoms with Gasteiger partial charge in [0.2, 0.25) is 15.9 Å². The Morgan fingerprint density at radius 2 is 1.89 bits per heavy atom. The lowest BCUT2D eigenvalue weighted by molar-refractivity contribution is -0.156. The van der Waals surface area contributed by atoms with Crippen molar-refractivity contribution in [2.75, 3.05) is 19.8 Å². The Hall–Kier alpha value is -1.15. The van der Waals surface area contributed by atoms with Crippen molar-refractivity contribution in [2.24, 2.45) is 0 Å². The van der Waals surface area contributed by atoms with Gasteiger partial charge in [-0.15, -0.1) is 0 Å². The molecule has 1 rings (SSSR count). The first kappa shape index (κ1) is 15.9. The molecular formula is C11H20N2O5S. The van der Waals surface area contributed by atoms with E-state index in [-0.39, 0.29) is 0 Å². The molecule has 1 aliphatic heterocycles. The van der Waals surface area contributed by atoms with Crippen LogP contribution in [0.25, 0.3) is 0 Å². The Bertz CT molecular complexity index is 485. The quantitative estimate of drug-likeness (QED) is 0.769. The number of aliphatic carboxylic acids is 1. The summed E-state index contributed by atoms with van der Waals surface area (Å²) < 4.78 is 24.3. The van der Waals surface area contributed by atoms with Gasteiger partial charge in [0.15, 0.2) is 0 Å². The van der Waals surface area contributed by atoms with Gasteiger partial charge < -0.3 is 10.0 Å². The molecular weight excluding hydrogens is 272 g/mol. The fraction of sp³-hybridized carbons (Fsp3) is 0.818. The van der Waals surface area contributed by atoms with E-state index in [4.69, 9.17) is 5.11 Å². The smallest absolute Gasteiger partial charge is 0.329 e. The zero-order chi connectivity index (χ0) is 15.0. The molecule has 1 fully saturated rings. The van der Waals surface area contributed by atoms with Gasteiger partial charge in [0.1, 0.15) is 11.6 Å². The Morgan fingerprint density at radius 1 is 1.37 bits per heavy atom. The fourth-order valence-electron chi connectivity index (χ4n) is 2.03. The zero-order valence-corrected chi connectivity index (χ0v) is 12.4. The number of carboxylic acids is 1. The minimum Gasteiger partial charge on any atom is -0.480 e. The van der Waals surface area contributed by atoms with Crippen LogP contribution in [-0.2, 0) is 19.6 Å². The third kappa shape index (κ3) is 3.06. The largest absolute Gasteiger partial charge is 0.480 e. The van der Waals surface area contributed by atoms with Crippen LogP contribution >= 0.6 is 0 Å². The summed E-state index contributed by atoms with van der Waals surface area (Å²) in [6.45, 7) is 3.12. The Kier molecular flexibility index (Phi) is 4.26. The van der Waals surface area contributed by atoms with E-state index >= 15 is 0 Å². The number of carboxylic acid groups (broad SMARTS) is 1. The van der Waals surface area contributed by atoms with Crippen LogP contribution in [0.3, 0.4) is 0 Å². The second-order valence-electron chi connectivity index (χ2n) is 5.29. The number of carbonyl (C=O) groups is 2. The number of sulfonamides is 1. The van der Waals surface area contributed by atoms with Crippen LogP contribution in [0.5, 0.6) is 0 Å². The summed E-state index contributed by atoms with van der Waals surface area (Å²) in [5, 5.41) is 9.10. The number of likely N-dealkylation sites (N-methyl/N-ethyl adjacent to an activating group) is 1. The average molecular weight is 292 g/mol. The number of rotatable bonds is 4. The standard InChI is InChI=1S/C11H20N2O5S/c1-11(2,10(15)16)12(3)9(14)8-6-5-7-13(8)19(4,17)18/h8H,5-7H2,1-4H3,(H,15,16). The molecule has 0 radical (unpaired) electrons. The molecule has 0 saturated carbocycles. The van der Waals surface area contributed by atoms with Gasteiger partial charge in [-0.05, 0) is 26.7 Å². The van der Waals surface area contributed by atoms with E-state index in [9.17, 15) is 18.0 Å². The molecule has 1 amide bonds. The molecule has 0 aromatic heterocycles. The highest BCUT2D eigenvalue weighted by Gasteiger charge is 2.43. The summed E-state index contributed by atoms with van der Waals surface area (Å²) in [5.74, 6) is -1.61. The molecule has 0 spiro atoms. The van der Waals surface area contributed by atoms with Gasteiger partial charge in [0.25, 0.3) is 0 Å². The van der Waals surface area contributed by atoms with Crippen LogP contribution in [0.15, 0.2) is 0 Å². The minimum absolute atomic E-state index is 0.302. The molecule has 0 aromatic carbocycles. The molecule has 1 aliphatic rings. The van der Waals surface area contributed by atoms with Crippen LogP contribution in [0.1, 0.15) is 26.7 Å². The van der Waals surface area contributed by atoms with E-state index < -0.39 is 33.5 Å². The lowest BCUT2D eigenvalue weighted by Gasteiger charge is -2.35. The predicted octanol–water partition coefficient (Wildman–Crippen LogP) is -0.268. The van der Waals surface area contributed by atoms with Crippen LogP contribution in [0.2, 0.25) is 0 Å². The van der Waals surface area contributed by atoms with Crippen molar-refractivity contribution in [3.63, 3.8) is 0 Å². The van der Waals surface area contributed by atoms with Crippen molar-refractivity contribution in [1.29, 1.82) is 0 Å². The molecule has 1 atom stereocenters. The maximum absolute atomic E-state index is 12.3. The second-order valence-corrected chi connectivity index (χ2v) is 7.23. The van der Waals surface area contributed by atoms with Crippen molar-refractivity contribution in [3.05, 3.63) is 0 Å². The molecule has 1 saturated heterocycles. The number of amides is 1. The Morgan fingerprint density at radius 3 is 2.32 bits per heavy atom. The average Bonchev–Trinajstić information content (AvgIpc) is 2.75. The SMILES string of the molecule is CN(C(=O)C1CCCN1S(C)(=O)=O)C(C)(C)C(=O)O. The van der Waals surface area contributed by atoms with Crippen LogP contribution in [0.4, 0.5) is 0 Å². The van der Waals surface area contributed by atoms with Gasteiger partial charge in [-0.1, -0.05) is 0 Å². The van der Waals surface area contributed by atoms with E-state index in [0.717, 1.165) is 15.5 Å². The van der Waals surface area contributed by atoms with Crippen LogP contribution in [0, 0.1) is 0 Å². The molecule has 0 bridgehead atoms. The van der Waals surface area contributed by atoms with Crippen molar-refractivity contribution in [3.8, 4) is 0 Å². The van der Waals surface area contributed by atoms with Gasteiger partial charge in [-0.25, -0.2) is 13.2 Å². The van der Waals surface area contributed by atoms with E-state index in [1.165, 1.54) is 20.9 Å². The van der Waals surface area contributed by atoms with Gasteiger partial charge in [0, 0.05) is 13.6 Å². The van der Waals surface area contributed by atoms with Crippen molar-refractivity contribution >= 4 is 21.9 Å². The first-order valence-electron chi connectivity index (χ1n) is 5.97. The molecule has 1 N–H and O–H groups in total. The summed E-state index contributed by atoms with van der Waals surface area (Å²) in [6, 6.07) is -0.793. The fourth-order valence-corrected chi connectivity index (χ4v) is 3.14. The van der Waals surface area contributed by atoms with E-state index in [2.05, 4.69) is 0 Å². The first-order valence-corrected chi connectivity index (χ1v) is 7.82. The summed E-state index contributed by atoms with van der Waals surface area (Å²) >= 11 is 0. The van der Waals surface area contributed by atoms with Gasteiger partial charge in [0.05, 0.1) is 6.26 Å². The number of carbonyl (C=O) groups excluding carboxylic acids is 1. The van der Waals surface area contributed by atoms with E-state index in [0.29, 0.717) is 19.4 Å². The van der Waals surface area contributed by atoms with Gasteiger partial charge in [-0.2, -0.15) is 4.31 Å². The summed E-state index contributed by atoms with van der Waals surface area (Å²) in [4.78, 5) is 24.5. The first-order chi connectivity index (χ1) is 8.49. The lowest BCUT2D eigenvalue weighted by Crippen LogP contribution is -2.56. The highest BCUT2D eigenvalue weighted by atomic mass is 32.2. The van der Waals surface area contributed by atoms with Crippen molar-refractivity contribution < 1.29 is 23.1 Å². The number of nitrogens with zero attached hydrogens (tertiary/aromatic N) is 2. The summed E-state index contributed by atoms with van der Waals surface area (Å²) in [5.41, 5.74) is -1.37. The van der Waals surface area contributed by atoms with Crippen molar-refractivity contribution in [1.82, 2.24) is 9.21 Å². The number of hydrogen-bond acceptors (Lipinski definition) is 4. The van der Waals surface area contributed by atoms with E-state index in [1.54, 1.807) is 0 Å². The number of hydrogen-bond donors (Lipinski definition) is 1. The molecule has 1 heterocycles. The highest BCUT2D eigenvalue weighted by Crippen LogP contribution is 2.24. The Balaban J connectivity index is 2.98. The maximum atomic E-state index is 12.3. The van der Waals surface area contributed by atoms with Gasteiger partial charge in [-0.3, -0.25) is 4.79 Å². The monoisotopic (exact) mass is 292 g/mol. The minimum atomic E-state index is -3.46. The third-order valence-electron chi connectivity index (χ3n) is 3.61. The Labute approximate surface area is 113 Å². The molecule has 8 heteroatoms. The van der Waals surface area contributed by atoms with E-state index in [1.807, 2.05) is 0 Å². The van der Waals surface area contributed by atoms with Gasteiger partial charge >= 0.3 is 5.97 Å². The molecule has 0 aromatic rings. The van der Waals surface area contributed by atoms with Crippen LogP contribution < -0.4 is 0 Å². The lowest BCUT2D eigenvalue weighted by atomic mass is 10.0. The molecule has 1 unspecified atom stereocenters. The molecule has 7 nitrogen and oxygen atoms in total. The van der Waals surface area contributed by atoms with Crippen LogP contribution in [-0.4, -0.2) is 66.0 Å². The highest BCUT2D eigenvalue weighted by molar-refractivity contribution is 7.88. The molecule has 0 aliphatic carbocycles. The normalized spacial score (nSPS) is 21.4. The second kappa shape index (κ2) is 5.09.